The number of benzene rings is 1. The molecule has 0 aliphatic heterocycles. The Hall–Kier alpha value is -1.03. The van der Waals surface area contributed by atoms with E-state index in [2.05, 4.69) is 6.92 Å². The first-order chi connectivity index (χ1) is 9.76. The Morgan fingerprint density at radius 3 is 2.52 bits per heavy atom. The first-order valence-corrected chi connectivity index (χ1v) is 7.73. The van der Waals surface area contributed by atoms with Crippen LogP contribution in [-0.2, 0) is 11.7 Å². The van der Waals surface area contributed by atoms with Gasteiger partial charge >= 0.3 is 6.18 Å². The van der Waals surface area contributed by atoms with E-state index < -0.39 is 17.3 Å². The largest absolute Gasteiger partial charge is 0.416 e. The lowest BCUT2D eigenvalue weighted by atomic mass is 9.81. The molecule has 2 unspecified atom stereocenters. The third-order valence-corrected chi connectivity index (χ3v) is 4.90. The van der Waals surface area contributed by atoms with Gasteiger partial charge in [-0.1, -0.05) is 32.3 Å². The van der Waals surface area contributed by atoms with Crippen molar-refractivity contribution in [1.29, 1.82) is 0 Å². The molecule has 1 aromatic carbocycles. The van der Waals surface area contributed by atoms with Gasteiger partial charge in [-0.3, -0.25) is 0 Å². The summed E-state index contributed by atoms with van der Waals surface area (Å²) in [4.78, 5) is 0. The molecule has 1 aliphatic carbocycles. The highest BCUT2D eigenvalue weighted by molar-refractivity contribution is 5.37. The monoisotopic (exact) mass is 299 g/mol. The van der Waals surface area contributed by atoms with Gasteiger partial charge in [0.2, 0.25) is 0 Å². The van der Waals surface area contributed by atoms with E-state index in [0.717, 1.165) is 37.7 Å². The summed E-state index contributed by atoms with van der Waals surface area (Å²) < 4.78 is 38.3. The summed E-state index contributed by atoms with van der Waals surface area (Å²) in [7, 11) is 0. The summed E-state index contributed by atoms with van der Waals surface area (Å²) in [6.07, 6.45) is 1.87. The number of hydrogen-bond donors (Lipinski definition) is 1. The average Bonchev–Trinajstić information content (AvgIpc) is 2.60. The van der Waals surface area contributed by atoms with Crippen LogP contribution in [0, 0.1) is 12.8 Å². The van der Waals surface area contributed by atoms with Crippen molar-refractivity contribution in [3.63, 3.8) is 0 Å². The number of alkyl halides is 3. The van der Waals surface area contributed by atoms with E-state index in [4.69, 9.17) is 5.73 Å². The Bertz CT molecular complexity index is 495. The topological polar surface area (TPSA) is 26.0 Å². The molecule has 1 aromatic rings. The van der Waals surface area contributed by atoms with Crippen LogP contribution in [0.4, 0.5) is 13.2 Å². The van der Waals surface area contributed by atoms with Crippen LogP contribution < -0.4 is 5.73 Å². The highest BCUT2D eigenvalue weighted by atomic mass is 19.4. The Kier molecular flexibility index (Phi) is 4.66. The van der Waals surface area contributed by atoms with E-state index in [0.29, 0.717) is 11.5 Å². The van der Waals surface area contributed by atoms with Crippen LogP contribution in [0.1, 0.15) is 62.1 Å². The van der Waals surface area contributed by atoms with Crippen molar-refractivity contribution < 1.29 is 13.2 Å². The highest BCUT2D eigenvalue weighted by Gasteiger charge is 2.34. The van der Waals surface area contributed by atoms with Crippen LogP contribution in [0.3, 0.4) is 0 Å². The van der Waals surface area contributed by atoms with Gasteiger partial charge < -0.3 is 5.73 Å². The average molecular weight is 299 g/mol. The van der Waals surface area contributed by atoms with Gasteiger partial charge in [0.25, 0.3) is 0 Å². The molecule has 1 nitrogen and oxygen atoms in total. The minimum Gasteiger partial charge on any atom is -0.321 e. The first kappa shape index (κ1) is 16.3. The van der Waals surface area contributed by atoms with Gasteiger partial charge in [0.05, 0.1) is 5.56 Å². The third-order valence-electron chi connectivity index (χ3n) is 4.90. The Balaban J connectivity index is 2.28. The summed E-state index contributed by atoms with van der Waals surface area (Å²) in [5, 5.41) is 0. The standard InChI is InChI=1S/C17H24F3N/c1-3-13-5-4-9-16(21,10-8-13)15-7-6-14(11-12(15)2)17(18,19)20/h6-7,11,13H,3-5,8-10,21H2,1-2H3. The lowest BCUT2D eigenvalue weighted by Gasteiger charge is -2.31. The van der Waals surface area contributed by atoms with Crippen LogP contribution in [0.15, 0.2) is 18.2 Å². The number of aryl methyl sites for hydroxylation is 1. The molecule has 0 radical (unpaired) electrons. The van der Waals surface area contributed by atoms with E-state index >= 15 is 0 Å². The van der Waals surface area contributed by atoms with Crippen molar-refractivity contribution in [1.82, 2.24) is 0 Å². The summed E-state index contributed by atoms with van der Waals surface area (Å²) in [6.45, 7) is 3.93. The molecule has 0 heterocycles. The Labute approximate surface area is 124 Å². The maximum absolute atomic E-state index is 12.8. The molecule has 0 amide bonds. The molecular weight excluding hydrogens is 275 g/mol. The van der Waals surface area contributed by atoms with Crippen LogP contribution in [-0.4, -0.2) is 0 Å². The van der Waals surface area contributed by atoms with Crippen LogP contribution >= 0.6 is 0 Å². The number of halogens is 3. The van der Waals surface area contributed by atoms with Crippen LogP contribution in [0.2, 0.25) is 0 Å². The second kappa shape index (κ2) is 5.99. The molecule has 0 spiro atoms. The minimum absolute atomic E-state index is 0.474. The van der Waals surface area contributed by atoms with Gasteiger partial charge in [-0.25, -0.2) is 0 Å². The maximum atomic E-state index is 12.8. The second-order valence-corrected chi connectivity index (χ2v) is 6.39. The van der Waals surface area contributed by atoms with Gasteiger partial charge in [0, 0.05) is 5.54 Å². The van der Waals surface area contributed by atoms with Crippen molar-refractivity contribution >= 4 is 0 Å². The van der Waals surface area contributed by atoms with Crippen molar-refractivity contribution in [3.8, 4) is 0 Å². The van der Waals surface area contributed by atoms with Gasteiger partial charge in [-0.15, -0.1) is 0 Å². The molecular formula is C17H24F3N. The van der Waals surface area contributed by atoms with Crippen LogP contribution in [0.25, 0.3) is 0 Å². The summed E-state index contributed by atoms with van der Waals surface area (Å²) in [5.74, 6) is 0.699. The van der Waals surface area contributed by atoms with Gasteiger partial charge in [-0.05, 0) is 55.4 Å². The number of nitrogens with two attached hydrogens (primary N) is 1. The smallest absolute Gasteiger partial charge is 0.321 e. The first-order valence-electron chi connectivity index (χ1n) is 7.73. The molecule has 0 saturated heterocycles. The molecule has 118 valence electrons. The second-order valence-electron chi connectivity index (χ2n) is 6.39. The Morgan fingerprint density at radius 2 is 1.95 bits per heavy atom. The van der Waals surface area contributed by atoms with E-state index in [1.807, 2.05) is 0 Å². The predicted molar refractivity (Wildman–Crippen MR) is 78.9 cm³/mol. The fraction of sp³-hybridized carbons (Fsp3) is 0.647. The third kappa shape index (κ3) is 3.60. The van der Waals surface area contributed by atoms with Crippen molar-refractivity contribution in [3.05, 3.63) is 34.9 Å². The normalized spacial score (nSPS) is 27.4. The molecule has 2 rings (SSSR count). The molecule has 2 atom stereocenters. The molecule has 1 aliphatic rings. The maximum Gasteiger partial charge on any atom is 0.416 e. The summed E-state index contributed by atoms with van der Waals surface area (Å²) in [5.41, 5.74) is 7.05. The number of hydrogen-bond acceptors (Lipinski definition) is 1. The zero-order chi connectivity index (χ0) is 15.7. The minimum atomic E-state index is -4.29. The zero-order valence-electron chi connectivity index (χ0n) is 12.8. The molecule has 1 saturated carbocycles. The lowest BCUT2D eigenvalue weighted by molar-refractivity contribution is -0.137. The van der Waals surface area contributed by atoms with Crippen molar-refractivity contribution in [2.75, 3.05) is 0 Å². The lowest BCUT2D eigenvalue weighted by Crippen LogP contribution is -2.37. The van der Waals surface area contributed by atoms with Gasteiger partial charge in [0.15, 0.2) is 0 Å². The molecule has 2 N–H and O–H groups in total. The van der Waals surface area contributed by atoms with E-state index in [1.54, 1.807) is 13.0 Å². The highest BCUT2D eigenvalue weighted by Crippen LogP contribution is 2.39. The number of rotatable bonds is 2. The fourth-order valence-corrected chi connectivity index (χ4v) is 3.51. The summed E-state index contributed by atoms with van der Waals surface area (Å²) >= 11 is 0. The SMILES string of the molecule is CCC1CCCC(N)(c2ccc(C(F)(F)F)cc2C)CC1. The van der Waals surface area contributed by atoms with Gasteiger partial charge in [0.1, 0.15) is 0 Å². The molecule has 21 heavy (non-hydrogen) atoms. The zero-order valence-corrected chi connectivity index (χ0v) is 12.8. The van der Waals surface area contributed by atoms with E-state index in [1.165, 1.54) is 18.6 Å². The molecule has 0 aromatic heterocycles. The molecule has 0 bridgehead atoms. The Morgan fingerprint density at radius 1 is 1.24 bits per heavy atom. The molecule has 4 heteroatoms. The van der Waals surface area contributed by atoms with Gasteiger partial charge in [-0.2, -0.15) is 13.2 Å². The van der Waals surface area contributed by atoms with E-state index in [9.17, 15) is 13.2 Å². The fourth-order valence-electron chi connectivity index (χ4n) is 3.51. The van der Waals surface area contributed by atoms with Crippen molar-refractivity contribution in [2.45, 2.75) is 64.1 Å². The van der Waals surface area contributed by atoms with Crippen molar-refractivity contribution in [2.24, 2.45) is 11.7 Å². The summed E-state index contributed by atoms with van der Waals surface area (Å²) in [6, 6.07) is 3.98. The quantitative estimate of drug-likeness (QED) is 0.750. The predicted octanol–water partition coefficient (Wildman–Crippen LogP) is 5.16. The van der Waals surface area contributed by atoms with Crippen LogP contribution in [0.5, 0.6) is 0 Å². The van der Waals surface area contributed by atoms with E-state index in [-0.39, 0.29) is 0 Å². The molecule has 1 fully saturated rings.